The third-order valence-electron chi connectivity index (χ3n) is 2.80. The normalized spacial score (nSPS) is 11.1. The Balaban J connectivity index is 2.35. The fourth-order valence-corrected chi connectivity index (χ4v) is 1.65. The minimum absolute atomic E-state index is 0.00381. The van der Waals surface area contributed by atoms with Crippen LogP contribution in [0.1, 0.15) is 20.8 Å². The van der Waals surface area contributed by atoms with Crippen LogP contribution < -0.4 is 5.32 Å². The van der Waals surface area contributed by atoms with E-state index in [0.29, 0.717) is 0 Å². The van der Waals surface area contributed by atoms with Gasteiger partial charge in [0.05, 0.1) is 11.4 Å². The van der Waals surface area contributed by atoms with Gasteiger partial charge in [-0.2, -0.15) is 0 Å². The molecule has 0 aliphatic carbocycles. The first-order chi connectivity index (χ1) is 8.98. The van der Waals surface area contributed by atoms with Crippen molar-refractivity contribution in [3.05, 3.63) is 48.7 Å². The Morgan fingerprint density at radius 2 is 1.74 bits per heavy atom. The molecular formula is C16H18N2O. The molecule has 0 atom stereocenters. The van der Waals surface area contributed by atoms with E-state index in [9.17, 15) is 4.79 Å². The number of carbonyl (C=O) groups excluding carboxylic acids is 1. The Kier molecular flexibility index (Phi) is 3.65. The Labute approximate surface area is 113 Å². The molecule has 2 rings (SSSR count). The third kappa shape index (κ3) is 3.19. The maximum absolute atomic E-state index is 12.1. The molecule has 1 heterocycles. The van der Waals surface area contributed by atoms with Crippen molar-refractivity contribution >= 4 is 11.6 Å². The molecule has 19 heavy (non-hydrogen) atoms. The van der Waals surface area contributed by atoms with Crippen LogP contribution in [0.15, 0.2) is 48.7 Å². The number of anilines is 1. The highest BCUT2D eigenvalue weighted by molar-refractivity contribution is 5.97. The van der Waals surface area contributed by atoms with E-state index in [-0.39, 0.29) is 5.91 Å². The molecule has 1 aromatic heterocycles. The fraction of sp³-hybridized carbons (Fsp3) is 0.250. The van der Waals surface area contributed by atoms with Crippen LogP contribution in [-0.2, 0) is 4.79 Å². The van der Waals surface area contributed by atoms with E-state index < -0.39 is 5.41 Å². The number of benzene rings is 1. The molecule has 0 radical (unpaired) electrons. The van der Waals surface area contributed by atoms with Gasteiger partial charge in [0, 0.05) is 17.2 Å². The summed E-state index contributed by atoms with van der Waals surface area (Å²) in [4.78, 5) is 16.4. The van der Waals surface area contributed by atoms with Crippen LogP contribution in [0.25, 0.3) is 11.3 Å². The molecule has 3 heteroatoms. The van der Waals surface area contributed by atoms with Crippen LogP contribution in [0.5, 0.6) is 0 Å². The van der Waals surface area contributed by atoms with Crippen LogP contribution >= 0.6 is 0 Å². The second-order valence-electron chi connectivity index (χ2n) is 5.46. The number of hydrogen-bond acceptors (Lipinski definition) is 2. The molecule has 0 saturated heterocycles. The molecule has 2 aromatic rings. The molecule has 3 nitrogen and oxygen atoms in total. The summed E-state index contributed by atoms with van der Waals surface area (Å²) >= 11 is 0. The first-order valence-corrected chi connectivity index (χ1v) is 6.30. The highest BCUT2D eigenvalue weighted by atomic mass is 16.2. The summed E-state index contributed by atoms with van der Waals surface area (Å²) in [6.07, 6.45) is 1.75. The van der Waals surface area contributed by atoms with Gasteiger partial charge < -0.3 is 5.32 Å². The highest BCUT2D eigenvalue weighted by Gasteiger charge is 2.22. The van der Waals surface area contributed by atoms with Crippen LogP contribution in [-0.4, -0.2) is 10.9 Å². The van der Waals surface area contributed by atoms with E-state index in [4.69, 9.17) is 0 Å². The minimum Gasteiger partial charge on any atom is -0.325 e. The lowest BCUT2D eigenvalue weighted by molar-refractivity contribution is -0.123. The molecule has 0 fully saturated rings. The summed E-state index contributed by atoms with van der Waals surface area (Å²) < 4.78 is 0. The van der Waals surface area contributed by atoms with Gasteiger partial charge in [0.2, 0.25) is 5.91 Å². The Bertz CT molecular complexity index is 571. The summed E-state index contributed by atoms with van der Waals surface area (Å²) in [5.41, 5.74) is 2.16. The highest BCUT2D eigenvalue weighted by Crippen LogP contribution is 2.27. The number of nitrogens with zero attached hydrogens (tertiary/aromatic N) is 1. The Morgan fingerprint density at radius 3 is 2.37 bits per heavy atom. The van der Waals surface area contributed by atoms with Gasteiger partial charge in [0.1, 0.15) is 0 Å². The molecular weight excluding hydrogens is 236 g/mol. The van der Waals surface area contributed by atoms with Gasteiger partial charge in [-0.05, 0) is 18.2 Å². The lowest BCUT2D eigenvalue weighted by atomic mass is 9.95. The molecule has 98 valence electrons. The number of hydrogen-bond donors (Lipinski definition) is 1. The lowest BCUT2D eigenvalue weighted by Gasteiger charge is -2.19. The molecule has 0 spiro atoms. The average molecular weight is 254 g/mol. The van der Waals surface area contributed by atoms with E-state index >= 15 is 0 Å². The SMILES string of the molecule is CC(C)(C)C(=O)Nc1ccccc1-c1ccccn1. The zero-order valence-corrected chi connectivity index (χ0v) is 11.5. The molecule has 1 amide bonds. The maximum Gasteiger partial charge on any atom is 0.229 e. The maximum atomic E-state index is 12.1. The van der Waals surface area contributed by atoms with Crippen molar-refractivity contribution in [2.45, 2.75) is 20.8 Å². The van der Waals surface area contributed by atoms with Crippen LogP contribution in [0.2, 0.25) is 0 Å². The molecule has 0 saturated carbocycles. The van der Waals surface area contributed by atoms with Crippen molar-refractivity contribution in [3.8, 4) is 11.3 Å². The first-order valence-electron chi connectivity index (χ1n) is 6.30. The predicted molar refractivity (Wildman–Crippen MR) is 77.8 cm³/mol. The monoisotopic (exact) mass is 254 g/mol. The largest absolute Gasteiger partial charge is 0.325 e. The van der Waals surface area contributed by atoms with Gasteiger partial charge >= 0.3 is 0 Å². The number of carbonyl (C=O) groups is 1. The Morgan fingerprint density at radius 1 is 1.05 bits per heavy atom. The van der Waals surface area contributed by atoms with Gasteiger partial charge in [0.15, 0.2) is 0 Å². The zero-order chi connectivity index (χ0) is 13.9. The number of rotatable bonds is 2. The summed E-state index contributed by atoms with van der Waals surface area (Å²) in [6, 6.07) is 13.4. The second-order valence-corrected chi connectivity index (χ2v) is 5.46. The molecule has 0 unspecified atom stereocenters. The van der Waals surface area contributed by atoms with Crippen LogP contribution in [0.4, 0.5) is 5.69 Å². The molecule has 1 aromatic carbocycles. The molecule has 1 N–H and O–H groups in total. The molecule has 0 aliphatic heterocycles. The van der Waals surface area contributed by atoms with Crippen LogP contribution in [0, 0.1) is 5.41 Å². The smallest absolute Gasteiger partial charge is 0.229 e. The van der Waals surface area contributed by atoms with Crippen molar-refractivity contribution in [2.24, 2.45) is 5.41 Å². The van der Waals surface area contributed by atoms with Gasteiger partial charge in [-0.3, -0.25) is 9.78 Å². The van der Waals surface area contributed by atoms with Gasteiger partial charge in [-0.1, -0.05) is 45.0 Å². The van der Waals surface area contributed by atoms with Gasteiger partial charge in [-0.25, -0.2) is 0 Å². The van der Waals surface area contributed by atoms with Crippen molar-refractivity contribution < 1.29 is 4.79 Å². The molecule has 0 bridgehead atoms. The van der Waals surface area contributed by atoms with E-state index in [0.717, 1.165) is 16.9 Å². The second kappa shape index (κ2) is 5.22. The van der Waals surface area contributed by atoms with Crippen molar-refractivity contribution in [2.75, 3.05) is 5.32 Å². The number of pyridine rings is 1. The lowest BCUT2D eigenvalue weighted by Crippen LogP contribution is -2.27. The van der Waals surface area contributed by atoms with Crippen molar-refractivity contribution in [1.29, 1.82) is 0 Å². The standard InChI is InChI=1S/C16H18N2O/c1-16(2,3)15(19)18-14-10-5-4-8-12(14)13-9-6-7-11-17-13/h4-11H,1-3H3,(H,18,19). The zero-order valence-electron chi connectivity index (χ0n) is 11.5. The number of para-hydroxylation sites is 1. The topological polar surface area (TPSA) is 42.0 Å². The van der Waals surface area contributed by atoms with Gasteiger partial charge in [0.25, 0.3) is 0 Å². The van der Waals surface area contributed by atoms with Gasteiger partial charge in [-0.15, -0.1) is 0 Å². The summed E-state index contributed by atoms with van der Waals surface area (Å²) in [5.74, 6) is -0.00381. The number of nitrogens with one attached hydrogen (secondary N) is 1. The number of amides is 1. The Hall–Kier alpha value is -2.16. The summed E-state index contributed by atoms with van der Waals surface area (Å²) in [7, 11) is 0. The van der Waals surface area contributed by atoms with E-state index in [2.05, 4.69) is 10.3 Å². The van der Waals surface area contributed by atoms with Crippen molar-refractivity contribution in [1.82, 2.24) is 4.98 Å². The van der Waals surface area contributed by atoms with E-state index in [1.165, 1.54) is 0 Å². The minimum atomic E-state index is -0.419. The van der Waals surface area contributed by atoms with E-state index in [1.807, 2.05) is 63.2 Å². The predicted octanol–water partition coefficient (Wildman–Crippen LogP) is 3.73. The third-order valence-corrected chi connectivity index (χ3v) is 2.80. The quantitative estimate of drug-likeness (QED) is 0.887. The van der Waals surface area contributed by atoms with Crippen molar-refractivity contribution in [3.63, 3.8) is 0 Å². The van der Waals surface area contributed by atoms with Crippen LogP contribution in [0.3, 0.4) is 0 Å². The summed E-state index contributed by atoms with van der Waals surface area (Å²) in [5, 5.41) is 2.97. The summed E-state index contributed by atoms with van der Waals surface area (Å²) in [6.45, 7) is 5.68. The van der Waals surface area contributed by atoms with E-state index in [1.54, 1.807) is 6.20 Å². The number of aromatic nitrogens is 1. The average Bonchev–Trinajstić information content (AvgIpc) is 2.39. The molecule has 0 aliphatic rings. The fourth-order valence-electron chi connectivity index (χ4n) is 1.65. The first kappa shape index (κ1) is 13.3.